The Bertz CT molecular complexity index is 640. The van der Waals surface area contributed by atoms with Crippen LogP contribution in [-0.4, -0.2) is 45.6 Å². The molecule has 0 aromatic carbocycles. The molecule has 0 spiro atoms. The van der Waals surface area contributed by atoms with Crippen molar-refractivity contribution in [1.29, 1.82) is 0 Å². The van der Waals surface area contributed by atoms with Crippen LogP contribution < -0.4 is 0 Å². The Kier molecular flexibility index (Phi) is 4.30. The number of likely N-dealkylation sites (tertiary alicyclic amines) is 1. The molecule has 4 unspecified atom stereocenters. The number of nitrogens with zero attached hydrogens (tertiary/aromatic N) is 2. The number of amides is 1. The lowest BCUT2D eigenvalue weighted by molar-refractivity contribution is -0.141. The summed E-state index contributed by atoms with van der Waals surface area (Å²) in [6, 6.07) is -0.654. The highest BCUT2D eigenvalue weighted by atomic mass is 32.1. The van der Waals surface area contributed by atoms with Gasteiger partial charge in [-0.25, -0.2) is 9.78 Å². The smallest absolute Gasteiger partial charge is 0.326 e. The number of carbonyl (C=O) groups is 2. The maximum absolute atomic E-state index is 13.0. The van der Waals surface area contributed by atoms with Crippen LogP contribution in [0.1, 0.15) is 66.5 Å². The van der Waals surface area contributed by atoms with E-state index in [1.807, 2.05) is 0 Å². The average molecular weight is 350 g/mol. The van der Waals surface area contributed by atoms with Crippen LogP contribution in [0.4, 0.5) is 0 Å². The van der Waals surface area contributed by atoms with Gasteiger partial charge in [-0.15, -0.1) is 11.3 Å². The first-order valence-electron chi connectivity index (χ1n) is 8.77. The number of hydrogen-bond donors (Lipinski definition) is 1. The van der Waals surface area contributed by atoms with Gasteiger partial charge in [-0.1, -0.05) is 12.8 Å². The van der Waals surface area contributed by atoms with Gasteiger partial charge in [0.2, 0.25) is 0 Å². The number of thiazole rings is 1. The van der Waals surface area contributed by atoms with Crippen molar-refractivity contribution < 1.29 is 19.4 Å². The summed E-state index contributed by atoms with van der Waals surface area (Å²) in [6.07, 6.45) is 6.66. The molecule has 0 radical (unpaired) electrons. The van der Waals surface area contributed by atoms with E-state index in [9.17, 15) is 14.7 Å². The standard InChI is InChI=1S/C17H22N2O4S/c20-16(11-9-24-15(18-11)14-6-3-7-23-14)19-12-5-2-1-4-10(12)8-13(19)17(21)22/h9-10,12-14H,1-8H2,(H,21,22). The number of ether oxygens (including phenoxy) is 1. The SMILES string of the molecule is O=C(O)C1CC2CCCCC2N1C(=O)c1csc(C2CCCO2)n1. The molecule has 6 nitrogen and oxygen atoms in total. The Morgan fingerprint density at radius 1 is 1.25 bits per heavy atom. The van der Waals surface area contributed by atoms with Crippen LogP contribution in [0.25, 0.3) is 0 Å². The van der Waals surface area contributed by atoms with Crippen LogP contribution in [0.2, 0.25) is 0 Å². The normalized spacial score (nSPS) is 32.8. The molecule has 2 saturated heterocycles. The fourth-order valence-corrected chi connectivity index (χ4v) is 5.29. The maximum Gasteiger partial charge on any atom is 0.326 e. The number of carboxylic acids is 1. The first-order valence-corrected chi connectivity index (χ1v) is 9.65. The van der Waals surface area contributed by atoms with Crippen molar-refractivity contribution >= 4 is 23.2 Å². The van der Waals surface area contributed by atoms with Gasteiger partial charge in [0.25, 0.3) is 5.91 Å². The Labute approximate surface area is 144 Å². The highest BCUT2D eigenvalue weighted by Gasteiger charge is 2.48. The third kappa shape index (κ3) is 2.73. The molecule has 7 heteroatoms. The highest BCUT2D eigenvalue weighted by Crippen LogP contribution is 2.41. The van der Waals surface area contributed by atoms with Crippen molar-refractivity contribution in [1.82, 2.24) is 9.88 Å². The van der Waals surface area contributed by atoms with Crippen LogP contribution in [0.15, 0.2) is 5.38 Å². The second kappa shape index (κ2) is 6.44. The first-order chi connectivity index (χ1) is 11.6. The molecule has 24 heavy (non-hydrogen) atoms. The zero-order valence-corrected chi connectivity index (χ0v) is 14.3. The predicted molar refractivity (Wildman–Crippen MR) is 88.0 cm³/mol. The van der Waals surface area contributed by atoms with Crippen LogP contribution >= 0.6 is 11.3 Å². The summed E-state index contributed by atoms with van der Waals surface area (Å²) in [6.45, 7) is 0.741. The molecule has 4 rings (SSSR count). The Morgan fingerprint density at radius 2 is 2.08 bits per heavy atom. The van der Waals surface area contributed by atoms with Crippen molar-refractivity contribution in [2.75, 3.05) is 6.61 Å². The predicted octanol–water partition coefficient (Wildman–Crippen LogP) is 2.85. The summed E-state index contributed by atoms with van der Waals surface area (Å²) in [5.74, 6) is -0.801. The molecule has 4 atom stereocenters. The number of aliphatic carboxylic acids is 1. The zero-order chi connectivity index (χ0) is 16.7. The van der Waals surface area contributed by atoms with E-state index in [0.29, 0.717) is 18.0 Å². The molecule has 3 heterocycles. The van der Waals surface area contributed by atoms with Gasteiger partial charge in [-0.2, -0.15) is 0 Å². The van der Waals surface area contributed by atoms with Gasteiger partial charge in [0, 0.05) is 18.0 Å². The van der Waals surface area contributed by atoms with Crippen LogP contribution in [0.5, 0.6) is 0 Å². The second-order valence-corrected chi connectivity index (χ2v) is 7.88. The summed E-state index contributed by atoms with van der Waals surface area (Å²) >= 11 is 1.44. The lowest BCUT2D eigenvalue weighted by atomic mass is 9.84. The van der Waals surface area contributed by atoms with Gasteiger partial charge < -0.3 is 14.7 Å². The van der Waals surface area contributed by atoms with Crippen molar-refractivity contribution in [2.45, 2.75) is 63.1 Å². The van der Waals surface area contributed by atoms with E-state index in [1.165, 1.54) is 11.3 Å². The summed E-state index contributed by atoms with van der Waals surface area (Å²) in [4.78, 5) is 30.8. The molecule has 1 aromatic heterocycles. The van der Waals surface area contributed by atoms with Crippen molar-refractivity contribution in [3.05, 3.63) is 16.1 Å². The second-order valence-electron chi connectivity index (χ2n) is 6.99. The molecule has 1 aromatic rings. The third-order valence-electron chi connectivity index (χ3n) is 5.55. The molecular formula is C17H22N2O4S. The fourth-order valence-electron chi connectivity index (χ4n) is 4.41. The highest BCUT2D eigenvalue weighted by molar-refractivity contribution is 7.09. The average Bonchev–Trinajstić information content (AvgIpc) is 3.31. The van der Waals surface area contributed by atoms with Gasteiger partial charge in [-0.3, -0.25) is 4.79 Å². The minimum atomic E-state index is -0.896. The van der Waals surface area contributed by atoms with E-state index < -0.39 is 12.0 Å². The topological polar surface area (TPSA) is 79.7 Å². The summed E-state index contributed by atoms with van der Waals surface area (Å²) < 4.78 is 5.63. The number of aromatic nitrogens is 1. The van der Waals surface area contributed by atoms with E-state index in [1.54, 1.807) is 10.3 Å². The summed E-state index contributed by atoms with van der Waals surface area (Å²) in [7, 11) is 0. The van der Waals surface area contributed by atoms with Gasteiger partial charge >= 0.3 is 5.97 Å². The van der Waals surface area contributed by atoms with E-state index in [4.69, 9.17) is 4.74 Å². The number of carboxylic acid groups (broad SMARTS) is 1. The summed E-state index contributed by atoms with van der Waals surface area (Å²) in [5.41, 5.74) is 0.378. The number of rotatable bonds is 3. The molecule has 1 N–H and O–H groups in total. The molecule has 1 aliphatic carbocycles. The number of hydrogen-bond acceptors (Lipinski definition) is 5. The van der Waals surface area contributed by atoms with Crippen LogP contribution in [-0.2, 0) is 9.53 Å². The van der Waals surface area contributed by atoms with Crippen LogP contribution in [0.3, 0.4) is 0 Å². The monoisotopic (exact) mass is 350 g/mol. The Morgan fingerprint density at radius 3 is 2.83 bits per heavy atom. The van der Waals surface area contributed by atoms with E-state index in [2.05, 4.69) is 4.98 Å². The quantitative estimate of drug-likeness (QED) is 0.907. The Balaban J connectivity index is 1.58. The molecule has 1 saturated carbocycles. The minimum Gasteiger partial charge on any atom is -0.480 e. The molecule has 2 aliphatic heterocycles. The maximum atomic E-state index is 13.0. The van der Waals surface area contributed by atoms with E-state index in [-0.39, 0.29) is 18.1 Å². The summed E-state index contributed by atoms with van der Waals surface area (Å²) in [5, 5.41) is 12.2. The van der Waals surface area contributed by atoms with E-state index >= 15 is 0 Å². The molecule has 3 fully saturated rings. The number of fused-ring (bicyclic) bond motifs is 1. The lowest BCUT2D eigenvalue weighted by Crippen LogP contribution is -2.46. The largest absolute Gasteiger partial charge is 0.480 e. The molecule has 3 aliphatic rings. The first kappa shape index (κ1) is 16.0. The van der Waals surface area contributed by atoms with Crippen molar-refractivity contribution in [2.24, 2.45) is 5.92 Å². The molecule has 130 valence electrons. The number of carbonyl (C=O) groups excluding carboxylic acids is 1. The fraction of sp³-hybridized carbons (Fsp3) is 0.706. The molecule has 1 amide bonds. The van der Waals surface area contributed by atoms with Gasteiger partial charge in [-0.05, 0) is 38.0 Å². The van der Waals surface area contributed by atoms with Gasteiger partial charge in [0.05, 0.1) is 0 Å². The Hall–Kier alpha value is -1.47. The van der Waals surface area contributed by atoms with E-state index in [0.717, 1.165) is 50.1 Å². The van der Waals surface area contributed by atoms with Gasteiger partial charge in [0.1, 0.15) is 22.8 Å². The zero-order valence-electron chi connectivity index (χ0n) is 13.5. The van der Waals surface area contributed by atoms with Crippen LogP contribution in [0, 0.1) is 5.92 Å². The molecule has 0 bridgehead atoms. The minimum absolute atomic E-state index is 0.00664. The van der Waals surface area contributed by atoms with Gasteiger partial charge in [0.15, 0.2) is 0 Å². The lowest BCUT2D eigenvalue weighted by Gasteiger charge is -2.32. The van der Waals surface area contributed by atoms with Crippen molar-refractivity contribution in [3.8, 4) is 0 Å². The third-order valence-corrected chi connectivity index (χ3v) is 6.49. The molecular weight excluding hydrogens is 328 g/mol. The van der Waals surface area contributed by atoms with Crippen molar-refractivity contribution in [3.63, 3.8) is 0 Å².